The Balaban J connectivity index is 2.16. The van der Waals surface area contributed by atoms with Crippen molar-refractivity contribution < 1.29 is 4.79 Å². The fourth-order valence-electron chi connectivity index (χ4n) is 1.69. The Morgan fingerprint density at radius 1 is 1.37 bits per heavy atom. The highest BCUT2D eigenvalue weighted by atomic mass is 127. The lowest BCUT2D eigenvalue weighted by Crippen LogP contribution is -2.30. The number of carbonyl (C=O) groups is 1. The Labute approximate surface area is 129 Å². The minimum absolute atomic E-state index is 0.0930. The Hall–Kier alpha value is -1.39. The molecule has 0 aliphatic rings. The SMILES string of the molecule is N#CCN(Cc1ccccc1)C(=O)c1csc(I)c1. The molecule has 5 heteroatoms. The number of hydrogen-bond acceptors (Lipinski definition) is 3. The highest BCUT2D eigenvalue weighted by Crippen LogP contribution is 2.19. The molecule has 0 radical (unpaired) electrons. The molecule has 96 valence electrons. The first kappa shape index (κ1) is 14.0. The van der Waals surface area contributed by atoms with Crippen molar-refractivity contribution in [3.8, 4) is 6.07 Å². The van der Waals surface area contributed by atoms with E-state index in [0.29, 0.717) is 12.1 Å². The molecule has 0 bridgehead atoms. The molecule has 0 saturated heterocycles. The van der Waals surface area contributed by atoms with Crippen LogP contribution in [0.2, 0.25) is 0 Å². The molecule has 0 spiro atoms. The van der Waals surface area contributed by atoms with Gasteiger partial charge in [0.25, 0.3) is 5.91 Å². The molecule has 1 aromatic carbocycles. The molecule has 0 fully saturated rings. The molecule has 0 unspecified atom stereocenters. The second-order valence-corrected chi connectivity index (χ2v) is 6.75. The molecule has 0 aliphatic carbocycles. The molecule has 1 heterocycles. The van der Waals surface area contributed by atoms with Crippen LogP contribution in [0.3, 0.4) is 0 Å². The first-order valence-electron chi connectivity index (χ1n) is 5.65. The van der Waals surface area contributed by atoms with Gasteiger partial charge >= 0.3 is 0 Å². The number of hydrogen-bond donors (Lipinski definition) is 0. The zero-order valence-corrected chi connectivity index (χ0v) is 13.0. The van der Waals surface area contributed by atoms with E-state index in [1.165, 1.54) is 11.3 Å². The van der Waals surface area contributed by atoms with Crippen LogP contribution in [0, 0.1) is 14.2 Å². The molecular weight excluding hydrogens is 371 g/mol. The van der Waals surface area contributed by atoms with E-state index in [4.69, 9.17) is 5.26 Å². The zero-order chi connectivity index (χ0) is 13.7. The van der Waals surface area contributed by atoms with Crippen molar-refractivity contribution in [1.82, 2.24) is 4.90 Å². The highest BCUT2D eigenvalue weighted by molar-refractivity contribution is 14.1. The lowest BCUT2D eigenvalue weighted by molar-refractivity contribution is 0.0765. The number of halogens is 1. The van der Waals surface area contributed by atoms with E-state index in [0.717, 1.165) is 8.45 Å². The van der Waals surface area contributed by atoms with Crippen LogP contribution in [0.15, 0.2) is 41.8 Å². The molecule has 2 rings (SSSR count). The molecule has 1 amide bonds. The first-order chi connectivity index (χ1) is 9.20. The second-order valence-electron chi connectivity index (χ2n) is 3.94. The average molecular weight is 382 g/mol. The predicted molar refractivity (Wildman–Crippen MR) is 83.8 cm³/mol. The number of nitrogens with zero attached hydrogens (tertiary/aromatic N) is 2. The van der Waals surface area contributed by atoms with Gasteiger partial charge in [-0.15, -0.1) is 11.3 Å². The van der Waals surface area contributed by atoms with Gasteiger partial charge in [-0.3, -0.25) is 4.79 Å². The average Bonchev–Trinajstić information content (AvgIpc) is 2.85. The van der Waals surface area contributed by atoms with E-state index in [1.807, 2.05) is 41.8 Å². The van der Waals surface area contributed by atoms with Gasteiger partial charge in [-0.2, -0.15) is 5.26 Å². The number of carbonyl (C=O) groups excluding carboxylic acids is 1. The van der Waals surface area contributed by atoms with E-state index in [1.54, 1.807) is 4.90 Å². The summed E-state index contributed by atoms with van der Waals surface area (Å²) < 4.78 is 1.07. The first-order valence-corrected chi connectivity index (χ1v) is 7.60. The van der Waals surface area contributed by atoms with Crippen LogP contribution in [-0.2, 0) is 6.54 Å². The number of thiophene rings is 1. The van der Waals surface area contributed by atoms with Gasteiger partial charge in [0.2, 0.25) is 0 Å². The largest absolute Gasteiger partial charge is 0.321 e. The lowest BCUT2D eigenvalue weighted by Gasteiger charge is -2.19. The second kappa shape index (κ2) is 6.68. The third-order valence-electron chi connectivity index (χ3n) is 2.58. The summed E-state index contributed by atoms with van der Waals surface area (Å²) in [6.07, 6.45) is 0. The molecule has 19 heavy (non-hydrogen) atoms. The topological polar surface area (TPSA) is 44.1 Å². The minimum atomic E-state index is -0.0930. The Morgan fingerprint density at radius 2 is 2.11 bits per heavy atom. The summed E-state index contributed by atoms with van der Waals surface area (Å²) in [4.78, 5) is 13.9. The van der Waals surface area contributed by atoms with Crippen molar-refractivity contribution >= 4 is 39.8 Å². The van der Waals surface area contributed by atoms with Crippen molar-refractivity contribution in [2.75, 3.05) is 6.54 Å². The molecule has 0 N–H and O–H groups in total. The molecule has 0 aliphatic heterocycles. The van der Waals surface area contributed by atoms with Gasteiger partial charge in [-0.05, 0) is 34.2 Å². The third kappa shape index (κ3) is 3.78. The van der Waals surface area contributed by atoms with Crippen LogP contribution in [0.5, 0.6) is 0 Å². The van der Waals surface area contributed by atoms with Gasteiger partial charge < -0.3 is 4.90 Å². The summed E-state index contributed by atoms with van der Waals surface area (Å²) in [5, 5.41) is 10.7. The van der Waals surface area contributed by atoms with Crippen LogP contribution in [0.25, 0.3) is 0 Å². The Kier molecular flexibility index (Phi) is 4.93. The molecular formula is C14H11IN2OS. The van der Waals surface area contributed by atoms with Crippen molar-refractivity contribution in [2.24, 2.45) is 0 Å². The van der Waals surface area contributed by atoms with Crippen molar-refractivity contribution in [1.29, 1.82) is 5.26 Å². The van der Waals surface area contributed by atoms with Crippen LogP contribution < -0.4 is 0 Å². The molecule has 0 saturated carbocycles. The monoisotopic (exact) mass is 382 g/mol. The van der Waals surface area contributed by atoms with E-state index in [9.17, 15) is 4.79 Å². The third-order valence-corrected chi connectivity index (χ3v) is 4.37. The minimum Gasteiger partial charge on any atom is -0.321 e. The summed E-state index contributed by atoms with van der Waals surface area (Å²) in [6.45, 7) is 0.555. The molecule has 2 aromatic rings. The summed E-state index contributed by atoms with van der Waals surface area (Å²) in [5.74, 6) is -0.0930. The van der Waals surface area contributed by atoms with E-state index < -0.39 is 0 Å². The van der Waals surface area contributed by atoms with Gasteiger partial charge in [0.15, 0.2) is 0 Å². The van der Waals surface area contributed by atoms with E-state index in [-0.39, 0.29) is 12.5 Å². The fraction of sp³-hybridized carbons (Fsp3) is 0.143. The van der Waals surface area contributed by atoms with Gasteiger partial charge in [-0.25, -0.2) is 0 Å². The maximum absolute atomic E-state index is 12.3. The van der Waals surface area contributed by atoms with Gasteiger partial charge in [0.05, 0.1) is 14.5 Å². The number of rotatable bonds is 4. The van der Waals surface area contributed by atoms with Gasteiger partial charge in [0.1, 0.15) is 6.54 Å². The molecule has 0 atom stereocenters. The van der Waals surface area contributed by atoms with E-state index in [2.05, 4.69) is 28.7 Å². The summed E-state index contributed by atoms with van der Waals surface area (Å²) in [6, 6.07) is 13.6. The van der Waals surface area contributed by atoms with Gasteiger partial charge in [-0.1, -0.05) is 30.3 Å². The smallest absolute Gasteiger partial charge is 0.255 e. The van der Waals surface area contributed by atoms with Crippen molar-refractivity contribution in [3.05, 3.63) is 55.8 Å². The quantitative estimate of drug-likeness (QED) is 0.600. The van der Waals surface area contributed by atoms with E-state index >= 15 is 0 Å². The molecule has 1 aromatic heterocycles. The van der Waals surface area contributed by atoms with Crippen molar-refractivity contribution in [2.45, 2.75) is 6.54 Å². The highest BCUT2D eigenvalue weighted by Gasteiger charge is 2.17. The van der Waals surface area contributed by atoms with Gasteiger partial charge in [0, 0.05) is 11.9 Å². The summed E-state index contributed by atoms with van der Waals surface area (Å²) in [5.41, 5.74) is 1.68. The Morgan fingerprint density at radius 3 is 2.68 bits per heavy atom. The number of amides is 1. The number of nitriles is 1. The fourth-order valence-corrected chi connectivity index (χ4v) is 3.01. The van der Waals surface area contributed by atoms with Crippen LogP contribution in [-0.4, -0.2) is 17.4 Å². The maximum Gasteiger partial charge on any atom is 0.255 e. The summed E-state index contributed by atoms with van der Waals surface area (Å²) in [7, 11) is 0. The number of benzene rings is 1. The lowest BCUT2D eigenvalue weighted by atomic mass is 10.2. The normalized spacial score (nSPS) is 9.89. The zero-order valence-electron chi connectivity index (χ0n) is 10.0. The summed E-state index contributed by atoms with van der Waals surface area (Å²) >= 11 is 3.72. The van der Waals surface area contributed by atoms with Crippen molar-refractivity contribution in [3.63, 3.8) is 0 Å². The van der Waals surface area contributed by atoms with Crippen LogP contribution in [0.1, 0.15) is 15.9 Å². The van der Waals surface area contributed by atoms with Crippen LogP contribution in [0.4, 0.5) is 0 Å². The molecule has 3 nitrogen and oxygen atoms in total. The maximum atomic E-state index is 12.3. The Bertz CT molecular complexity index is 603. The predicted octanol–water partition coefficient (Wildman–Crippen LogP) is 3.52. The van der Waals surface area contributed by atoms with Crippen LogP contribution >= 0.6 is 33.9 Å². The standard InChI is InChI=1S/C14H11IN2OS/c15-13-8-12(10-19-13)14(18)17(7-6-16)9-11-4-2-1-3-5-11/h1-5,8,10H,7,9H2.